The van der Waals surface area contributed by atoms with Gasteiger partial charge in [-0.05, 0) is 30.6 Å². The number of hydrogen-bond donors (Lipinski definition) is 0. The summed E-state index contributed by atoms with van der Waals surface area (Å²) >= 11 is 0. The van der Waals surface area contributed by atoms with Crippen molar-refractivity contribution in [3.63, 3.8) is 0 Å². The summed E-state index contributed by atoms with van der Waals surface area (Å²) in [6.07, 6.45) is 9.12. The lowest BCUT2D eigenvalue weighted by Gasteiger charge is -2.47. The predicted molar refractivity (Wildman–Crippen MR) is 94.9 cm³/mol. The summed E-state index contributed by atoms with van der Waals surface area (Å²) in [5, 5.41) is 0. The SMILES string of the molecule is C=CC1=CC[C@H]2O[C@H]3CC=CCO[C@@H]3[C@@H](OCc3ccccc3)[C@@H]2O1. The number of benzene rings is 1. The lowest BCUT2D eigenvalue weighted by Crippen LogP contribution is -2.60. The summed E-state index contributed by atoms with van der Waals surface area (Å²) in [5.74, 6) is 0.795. The number of allylic oxidation sites excluding steroid dienone is 1. The van der Waals surface area contributed by atoms with Gasteiger partial charge in [0, 0.05) is 0 Å². The Morgan fingerprint density at radius 2 is 1.92 bits per heavy atom. The molecule has 1 fully saturated rings. The maximum absolute atomic E-state index is 6.34. The number of rotatable bonds is 4. The van der Waals surface area contributed by atoms with E-state index in [4.69, 9.17) is 18.9 Å². The lowest BCUT2D eigenvalue weighted by molar-refractivity contribution is -0.251. The highest BCUT2D eigenvalue weighted by atomic mass is 16.6. The average Bonchev–Trinajstić information content (AvgIpc) is 2.91. The molecule has 4 heteroatoms. The van der Waals surface area contributed by atoms with Crippen molar-refractivity contribution in [2.45, 2.75) is 50.0 Å². The van der Waals surface area contributed by atoms with Crippen molar-refractivity contribution >= 4 is 0 Å². The van der Waals surface area contributed by atoms with Crippen LogP contribution in [0.4, 0.5) is 0 Å². The van der Waals surface area contributed by atoms with E-state index in [0.717, 1.165) is 24.2 Å². The van der Waals surface area contributed by atoms with Gasteiger partial charge in [-0.3, -0.25) is 0 Å². The molecule has 0 unspecified atom stereocenters. The summed E-state index contributed by atoms with van der Waals surface area (Å²) in [6.45, 7) is 4.93. The van der Waals surface area contributed by atoms with E-state index in [1.165, 1.54) is 0 Å². The third kappa shape index (κ3) is 3.56. The van der Waals surface area contributed by atoms with Gasteiger partial charge in [0.1, 0.15) is 24.1 Å². The fraction of sp³-hybridized carbons (Fsp3) is 0.429. The third-order valence-electron chi connectivity index (χ3n) is 4.96. The van der Waals surface area contributed by atoms with E-state index in [1.54, 1.807) is 6.08 Å². The van der Waals surface area contributed by atoms with Crippen LogP contribution in [0.5, 0.6) is 0 Å². The molecule has 3 aliphatic rings. The van der Waals surface area contributed by atoms with Gasteiger partial charge in [0.25, 0.3) is 0 Å². The van der Waals surface area contributed by atoms with Gasteiger partial charge >= 0.3 is 0 Å². The topological polar surface area (TPSA) is 36.9 Å². The molecular weight excluding hydrogens is 316 g/mol. The molecule has 0 bridgehead atoms. The highest BCUT2D eigenvalue weighted by Crippen LogP contribution is 2.36. The van der Waals surface area contributed by atoms with Crippen LogP contribution < -0.4 is 0 Å². The van der Waals surface area contributed by atoms with Crippen molar-refractivity contribution in [1.82, 2.24) is 0 Å². The van der Waals surface area contributed by atoms with Crippen LogP contribution in [0, 0.1) is 0 Å². The zero-order chi connectivity index (χ0) is 17.1. The molecule has 1 aromatic rings. The van der Waals surface area contributed by atoms with E-state index in [-0.39, 0.29) is 30.5 Å². The molecule has 4 rings (SSSR count). The zero-order valence-corrected chi connectivity index (χ0v) is 14.3. The van der Waals surface area contributed by atoms with Crippen molar-refractivity contribution in [3.8, 4) is 0 Å². The Labute approximate surface area is 148 Å². The Bertz CT molecular complexity index is 651. The fourth-order valence-electron chi connectivity index (χ4n) is 3.70. The van der Waals surface area contributed by atoms with Crippen LogP contribution in [0.25, 0.3) is 0 Å². The normalized spacial score (nSPS) is 34.1. The van der Waals surface area contributed by atoms with Crippen LogP contribution in [-0.2, 0) is 25.6 Å². The van der Waals surface area contributed by atoms with Crippen LogP contribution in [0.2, 0.25) is 0 Å². The first-order valence-corrected chi connectivity index (χ1v) is 8.92. The van der Waals surface area contributed by atoms with Gasteiger partial charge in [-0.1, -0.05) is 49.1 Å². The van der Waals surface area contributed by atoms with Crippen molar-refractivity contribution in [3.05, 3.63) is 72.5 Å². The fourth-order valence-corrected chi connectivity index (χ4v) is 3.70. The van der Waals surface area contributed by atoms with Crippen LogP contribution in [0.3, 0.4) is 0 Å². The molecule has 1 aromatic carbocycles. The Balaban J connectivity index is 1.56. The van der Waals surface area contributed by atoms with E-state index >= 15 is 0 Å². The molecule has 25 heavy (non-hydrogen) atoms. The largest absolute Gasteiger partial charge is 0.485 e. The summed E-state index contributed by atoms with van der Waals surface area (Å²) < 4.78 is 24.8. The molecule has 0 spiro atoms. The molecule has 0 saturated carbocycles. The first-order chi connectivity index (χ1) is 12.3. The Hall–Kier alpha value is -1.88. The van der Waals surface area contributed by atoms with Gasteiger partial charge in [0.15, 0.2) is 6.10 Å². The van der Waals surface area contributed by atoms with Crippen LogP contribution >= 0.6 is 0 Å². The number of hydrogen-bond acceptors (Lipinski definition) is 4. The van der Waals surface area contributed by atoms with Crippen molar-refractivity contribution < 1.29 is 18.9 Å². The minimum atomic E-state index is -0.180. The van der Waals surface area contributed by atoms with Crippen molar-refractivity contribution in [2.75, 3.05) is 6.61 Å². The molecule has 5 atom stereocenters. The summed E-state index contributed by atoms with van der Waals surface area (Å²) in [4.78, 5) is 0. The molecule has 1 saturated heterocycles. The molecule has 132 valence electrons. The van der Waals surface area contributed by atoms with E-state index < -0.39 is 0 Å². The van der Waals surface area contributed by atoms with E-state index in [2.05, 4.69) is 24.8 Å². The second-order valence-electron chi connectivity index (χ2n) is 6.61. The van der Waals surface area contributed by atoms with Crippen molar-refractivity contribution in [1.29, 1.82) is 0 Å². The Morgan fingerprint density at radius 3 is 2.76 bits per heavy atom. The Kier molecular flexibility index (Phi) is 5.02. The molecule has 0 radical (unpaired) electrons. The van der Waals surface area contributed by atoms with Gasteiger partial charge in [0.05, 0.1) is 19.3 Å². The monoisotopic (exact) mass is 340 g/mol. The first-order valence-electron chi connectivity index (χ1n) is 8.92. The number of ether oxygens (including phenoxy) is 4. The van der Waals surface area contributed by atoms with Crippen LogP contribution in [0.1, 0.15) is 18.4 Å². The van der Waals surface area contributed by atoms with E-state index in [0.29, 0.717) is 13.2 Å². The van der Waals surface area contributed by atoms with E-state index in [9.17, 15) is 0 Å². The highest BCUT2D eigenvalue weighted by molar-refractivity contribution is 5.17. The molecule has 4 nitrogen and oxygen atoms in total. The minimum Gasteiger partial charge on any atom is -0.485 e. The van der Waals surface area contributed by atoms with Crippen molar-refractivity contribution in [2.24, 2.45) is 0 Å². The predicted octanol–water partition coefficient (Wildman–Crippen LogP) is 3.54. The molecule has 3 aliphatic heterocycles. The zero-order valence-electron chi connectivity index (χ0n) is 14.3. The second kappa shape index (κ2) is 7.56. The maximum atomic E-state index is 6.34. The molecule has 0 aromatic heterocycles. The smallest absolute Gasteiger partial charge is 0.154 e. The minimum absolute atomic E-state index is 0.00283. The molecule has 0 amide bonds. The average molecular weight is 340 g/mol. The van der Waals surface area contributed by atoms with Crippen LogP contribution in [-0.4, -0.2) is 37.1 Å². The van der Waals surface area contributed by atoms with Gasteiger partial charge < -0.3 is 18.9 Å². The molecule has 0 N–H and O–H groups in total. The van der Waals surface area contributed by atoms with E-state index in [1.807, 2.05) is 30.4 Å². The number of fused-ring (bicyclic) bond motifs is 2. The van der Waals surface area contributed by atoms with Gasteiger partial charge in [-0.15, -0.1) is 0 Å². The van der Waals surface area contributed by atoms with Gasteiger partial charge in [-0.2, -0.15) is 0 Å². The van der Waals surface area contributed by atoms with Crippen LogP contribution in [0.15, 0.2) is 67.0 Å². The lowest BCUT2D eigenvalue weighted by atomic mass is 9.90. The summed E-state index contributed by atoms with van der Waals surface area (Å²) in [5.41, 5.74) is 1.14. The molecular formula is C21H24O4. The van der Waals surface area contributed by atoms with Gasteiger partial charge in [-0.25, -0.2) is 0 Å². The Morgan fingerprint density at radius 1 is 1.08 bits per heavy atom. The summed E-state index contributed by atoms with van der Waals surface area (Å²) in [7, 11) is 0. The molecule has 0 aliphatic carbocycles. The highest BCUT2D eigenvalue weighted by Gasteiger charge is 2.49. The summed E-state index contributed by atoms with van der Waals surface area (Å²) in [6, 6.07) is 10.2. The first kappa shape index (κ1) is 16.6. The third-order valence-corrected chi connectivity index (χ3v) is 4.96. The maximum Gasteiger partial charge on any atom is 0.154 e. The van der Waals surface area contributed by atoms with Gasteiger partial charge in [0.2, 0.25) is 0 Å². The quantitative estimate of drug-likeness (QED) is 0.786. The standard InChI is InChI=1S/C21H24O4/c1-2-16-11-12-18-20(24-16)21(23-14-15-8-4-3-5-9-15)19-17(25-18)10-6-7-13-22-19/h2-9,11,17-21H,1,10,12-14H2/t17-,18+,19-,20+,21+/m0/s1. The second-order valence-corrected chi connectivity index (χ2v) is 6.61. The molecule has 3 heterocycles.